The number of fused-ring (bicyclic) bond motifs is 3. The average Bonchev–Trinajstić information content (AvgIpc) is 2.76. The number of methoxy groups -OCH3 is 1. The van der Waals surface area contributed by atoms with Crippen molar-refractivity contribution in [2.75, 3.05) is 7.11 Å². The lowest BCUT2D eigenvalue weighted by Gasteiger charge is -1.99. The van der Waals surface area contributed by atoms with E-state index >= 15 is 0 Å². The van der Waals surface area contributed by atoms with Gasteiger partial charge in [-0.2, -0.15) is 0 Å². The number of aryl methyl sites for hydroxylation is 1. The van der Waals surface area contributed by atoms with Crippen LogP contribution in [0.15, 0.2) is 24.5 Å². The lowest BCUT2D eigenvalue weighted by Crippen LogP contribution is -2.00. The molecule has 0 aliphatic heterocycles. The van der Waals surface area contributed by atoms with E-state index < -0.39 is 0 Å². The number of benzene rings is 1. The van der Waals surface area contributed by atoms with E-state index in [1.807, 2.05) is 13.0 Å². The highest BCUT2D eigenvalue weighted by Crippen LogP contribution is 2.26. The van der Waals surface area contributed by atoms with Crippen LogP contribution in [0.25, 0.3) is 21.9 Å². The van der Waals surface area contributed by atoms with E-state index in [2.05, 4.69) is 15.0 Å². The zero-order valence-corrected chi connectivity index (χ0v) is 10.0. The third kappa shape index (κ3) is 1.44. The van der Waals surface area contributed by atoms with E-state index in [4.69, 9.17) is 4.74 Å². The normalized spacial score (nSPS) is 11.0. The number of aromatic nitrogens is 3. The summed E-state index contributed by atoms with van der Waals surface area (Å²) in [6.07, 6.45) is 1.52. The number of nitrogens with one attached hydrogen (secondary N) is 1. The Morgan fingerprint density at radius 3 is 2.94 bits per heavy atom. The Balaban J connectivity index is 2.34. The fourth-order valence-corrected chi connectivity index (χ4v) is 2.13. The minimum atomic E-state index is -0.349. The van der Waals surface area contributed by atoms with E-state index in [1.54, 1.807) is 12.1 Å². The lowest BCUT2D eigenvalue weighted by atomic mass is 10.1. The van der Waals surface area contributed by atoms with Crippen LogP contribution >= 0.6 is 0 Å². The van der Waals surface area contributed by atoms with Crippen LogP contribution in [0.1, 0.15) is 16.1 Å². The van der Waals surface area contributed by atoms with Crippen molar-refractivity contribution in [3.05, 3.63) is 35.8 Å². The molecule has 0 unspecified atom stereocenters. The molecule has 1 N–H and O–H groups in total. The average molecular weight is 241 g/mol. The number of aromatic amines is 1. The number of rotatable bonds is 1. The fraction of sp³-hybridized carbons (Fsp3) is 0.154. The van der Waals surface area contributed by atoms with Crippen molar-refractivity contribution in [2.45, 2.75) is 6.92 Å². The maximum Gasteiger partial charge on any atom is 0.337 e. The summed E-state index contributed by atoms with van der Waals surface area (Å²) < 4.78 is 4.70. The number of carbonyl (C=O) groups is 1. The fourth-order valence-electron chi connectivity index (χ4n) is 2.13. The first-order valence-electron chi connectivity index (χ1n) is 5.52. The molecule has 5 heteroatoms. The second kappa shape index (κ2) is 3.80. The van der Waals surface area contributed by atoms with E-state index in [0.717, 1.165) is 27.6 Å². The van der Waals surface area contributed by atoms with Crippen LogP contribution in [0.4, 0.5) is 0 Å². The molecule has 2 heterocycles. The van der Waals surface area contributed by atoms with Crippen molar-refractivity contribution in [2.24, 2.45) is 0 Å². The maximum atomic E-state index is 11.5. The number of ether oxygens (including phenoxy) is 1. The zero-order chi connectivity index (χ0) is 12.7. The van der Waals surface area contributed by atoms with Gasteiger partial charge in [-0.05, 0) is 19.1 Å². The van der Waals surface area contributed by atoms with E-state index in [-0.39, 0.29) is 5.97 Å². The van der Waals surface area contributed by atoms with Gasteiger partial charge in [0.05, 0.1) is 18.4 Å². The van der Waals surface area contributed by atoms with Crippen LogP contribution in [0.5, 0.6) is 0 Å². The summed E-state index contributed by atoms with van der Waals surface area (Å²) in [5.74, 6) is -0.349. The molecule has 0 amide bonds. The highest BCUT2D eigenvalue weighted by atomic mass is 16.5. The molecule has 0 radical (unpaired) electrons. The van der Waals surface area contributed by atoms with Crippen molar-refractivity contribution in [1.29, 1.82) is 0 Å². The van der Waals surface area contributed by atoms with Gasteiger partial charge in [0.2, 0.25) is 0 Å². The molecule has 0 aliphatic rings. The topological polar surface area (TPSA) is 67.9 Å². The predicted molar refractivity (Wildman–Crippen MR) is 67.5 cm³/mol. The monoisotopic (exact) mass is 241 g/mol. The summed E-state index contributed by atoms with van der Waals surface area (Å²) >= 11 is 0. The molecular weight excluding hydrogens is 230 g/mol. The molecule has 2 aromatic heterocycles. The Morgan fingerprint density at radius 2 is 2.17 bits per heavy atom. The molecular formula is C13H11N3O2. The standard InChI is InChI=1S/C13H11N3O2/c1-7-11-9-4-3-8(13(17)18-2)5-10(9)16-12(11)15-6-14-7/h3-6H,1-2H3,(H,14,15,16). The highest BCUT2D eigenvalue weighted by Gasteiger charge is 2.11. The maximum absolute atomic E-state index is 11.5. The molecule has 0 bridgehead atoms. The Labute approximate surface area is 103 Å². The summed E-state index contributed by atoms with van der Waals surface area (Å²) in [5, 5.41) is 2.00. The van der Waals surface area contributed by atoms with Gasteiger partial charge in [0.25, 0.3) is 0 Å². The van der Waals surface area contributed by atoms with Crippen LogP contribution in [0.2, 0.25) is 0 Å². The quantitative estimate of drug-likeness (QED) is 0.663. The van der Waals surface area contributed by atoms with Gasteiger partial charge in [0.1, 0.15) is 12.0 Å². The van der Waals surface area contributed by atoms with Gasteiger partial charge in [-0.25, -0.2) is 14.8 Å². The van der Waals surface area contributed by atoms with Gasteiger partial charge in [-0.15, -0.1) is 0 Å². The van der Waals surface area contributed by atoms with Crippen LogP contribution in [0, 0.1) is 6.92 Å². The van der Waals surface area contributed by atoms with Crippen LogP contribution < -0.4 is 0 Å². The van der Waals surface area contributed by atoms with Crippen LogP contribution in [0.3, 0.4) is 0 Å². The Hall–Kier alpha value is -2.43. The molecule has 0 saturated carbocycles. The molecule has 3 rings (SSSR count). The number of carbonyl (C=O) groups excluding carboxylic acids is 1. The summed E-state index contributed by atoms with van der Waals surface area (Å²) in [4.78, 5) is 23.0. The second-order valence-electron chi connectivity index (χ2n) is 4.06. The van der Waals surface area contributed by atoms with Gasteiger partial charge in [0.15, 0.2) is 0 Å². The van der Waals surface area contributed by atoms with Crippen molar-refractivity contribution in [3.63, 3.8) is 0 Å². The Bertz CT molecular complexity index is 761. The van der Waals surface area contributed by atoms with Crippen molar-refractivity contribution >= 4 is 27.9 Å². The number of nitrogens with zero attached hydrogens (tertiary/aromatic N) is 2. The molecule has 90 valence electrons. The van der Waals surface area contributed by atoms with Gasteiger partial charge in [-0.3, -0.25) is 0 Å². The minimum Gasteiger partial charge on any atom is -0.465 e. The smallest absolute Gasteiger partial charge is 0.337 e. The predicted octanol–water partition coefficient (Wildman–Crippen LogP) is 2.21. The van der Waals surface area contributed by atoms with Crippen LogP contribution in [-0.4, -0.2) is 28.0 Å². The highest BCUT2D eigenvalue weighted by molar-refractivity contribution is 6.08. The Morgan fingerprint density at radius 1 is 1.33 bits per heavy atom. The Kier molecular flexibility index (Phi) is 2.26. The second-order valence-corrected chi connectivity index (χ2v) is 4.06. The molecule has 18 heavy (non-hydrogen) atoms. The molecule has 0 aliphatic carbocycles. The van der Waals surface area contributed by atoms with Gasteiger partial charge >= 0.3 is 5.97 Å². The summed E-state index contributed by atoms with van der Waals surface area (Å²) in [6.45, 7) is 1.94. The third-order valence-electron chi connectivity index (χ3n) is 3.00. The first-order valence-corrected chi connectivity index (χ1v) is 5.52. The molecule has 0 atom stereocenters. The van der Waals surface area contributed by atoms with Crippen molar-refractivity contribution in [3.8, 4) is 0 Å². The van der Waals surface area contributed by atoms with E-state index in [9.17, 15) is 4.79 Å². The SMILES string of the molecule is COC(=O)c1ccc2c(c1)[nH]c1ncnc(C)c12. The van der Waals surface area contributed by atoms with Crippen LogP contribution in [-0.2, 0) is 4.74 Å². The minimum absolute atomic E-state index is 0.349. The molecule has 1 aromatic carbocycles. The molecule has 0 spiro atoms. The summed E-state index contributed by atoms with van der Waals surface area (Å²) in [6, 6.07) is 5.40. The summed E-state index contributed by atoms with van der Waals surface area (Å²) in [7, 11) is 1.37. The third-order valence-corrected chi connectivity index (χ3v) is 3.00. The van der Waals surface area contributed by atoms with Crippen molar-refractivity contribution in [1.82, 2.24) is 15.0 Å². The van der Waals surface area contributed by atoms with Gasteiger partial charge in [0, 0.05) is 16.3 Å². The lowest BCUT2D eigenvalue weighted by molar-refractivity contribution is 0.0601. The number of hydrogen-bond donors (Lipinski definition) is 1. The molecule has 0 fully saturated rings. The van der Waals surface area contributed by atoms with Gasteiger partial charge in [-0.1, -0.05) is 6.07 Å². The number of H-pyrrole nitrogens is 1. The molecule has 0 saturated heterocycles. The van der Waals surface area contributed by atoms with E-state index in [1.165, 1.54) is 13.4 Å². The molecule has 5 nitrogen and oxygen atoms in total. The zero-order valence-electron chi connectivity index (χ0n) is 10.0. The number of esters is 1. The van der Waals surface area contributed by atoms with Gasteiger partial charge < -0.3 is 9.72 Å². The number of hydrogen-bond acceptors (Lipinski definition) is 4. The largest absolute Gasteiger partial charge is 0.465 e. The summed E-state index contributed by atoms with van der Waals surface area (Å²) in [5.41, 5.74) is 3.07. The first-order chi connectivity index (χ1) is 8.70. The van der Waals surface area contributed by atoms with Crippen molar-refractivity contribution < 1.29 is 9.53 Å². The first kappa shape index (κ1) is 10.7. The molecule has 3 aromatic rings. The van der Waals surface area contributed by atoms with E-state index in [0.29, 0.717) is 5.56 Å².